The molecule has 17 heavy (non-hydrogen) atoms. The molecule has 0 fully saturated rings. The number of carbonyl (C=O) groups excluding carboxylic acids is 2. The first kappa shape index (κ1) is 13.2. The van der Waals surface area contributed by atoms with Gasteiger partial charge in [0.15, 0.2) is 0 Å². The molecule has 1 atom stereocenters. The van der Waals surface area contributed by atoms with E-state index in [0.29, 0.717) is 5.56 Å². The maximum absolute atomic E-state index is 11.8. The van der Waals surface area contributed by atoms with Gasteiger partial charge in [0.25, 0.3) is 0 Å². The van der Waals surface area contributed by atoms with Gasteiger partial charge in [-0.3, -0.25) is 0 Å². The Morgan fingerprint density at radius 3 is 2.29 bits per heavy atom. The molecule has 0 aliphatic carbocycles. The van der Waals surface area contributed by atoms with E-state index in [1.807, 2.05) is 0 Å². The lowest BCUT2D eigenvalue weighted by Crippen LogP contribution is -2.53. The molecular formula is C12H15NO4. The van der Waals surface area contributed by atoms with Crippen LogP contribution in [-0.4, -0.2) is 25.7 Å². The van der Waals surface area contributed by atoms with Crippen molar-refractivity contribution in [1.29, 1.82) is 0 Å². The topological polar surface area (TPSA) is 78.6 Å². The first-order valence-corrected chi connectivity index (χ1v) is 5.17. The molecule has 92 valence electrons. The van der Waals surface area contributed by atoms with Crippen molar-refractivity contribution < 1.29 is 19.1 Å². The molecular weight excluding hydrogens is 222 g/mol. The molecule has 0 radical (unpaired) electrons. The van der Waals surface area contributed by atoms with Gasteiger partial charge in [0.1, 0.15) is 0 Å². The summed E-state index contributed by atoms with van der Waals surface area (Å²) in [6.07, 6.45) is 0. The van der Waals surface area contributed by atoms with Crippen LogP contribution in [0.5, 0.6) is 0 Å². The Balaban J connectivity index is 3.20. The monoisotopic (exact) mass is 237 g/mol. The standard InChI is InChI=1S/C12H15NO4/c1-3-17-11(15)12(13,10(14)16-2)9-7-5-4-6-8-9/h4-8H,3,13H2,1-2H3/t12-/m1/s1. The third-order valence-electron chi connectivity index (χ3n) is 2.33. The average Bonchev–Trinajstić information content (AvgIpc) is 2.38. The van der Waals surface area contributed by atoms with Crippen LogP contribution in [0.2, 0.25) is 0 Å². The summed E-state index contributed by atoms with van der Waals surface area (Å²) < 4.78 is 9.39. The van der Waals surface area contributed by atoms with E-state index in [0.717, 1.165) is 0 Å². The number of esters is 2. The molecule has 0 aliphatic heterocycles. The van der Waals surface area contributed by atoms with Crippen LogP contribution < -0.4 is 5.73 Å². The quantitative estimate of drug-likeness (QED) is 0.612. The first-order chi connectivity index (χ1) is 8.07. The van der Waals surface area contributed by atoms with Crippen LogP contribution in [0, 0.1) is 0 Å². The average molecular weight is 237 g/mol. The van der Waals surface area contributed by atoms with E-state index in [1.54, 1.807) is 37.3 Å². The molecule has 1 rings (SSSR count). The minimum absolute atomic E-state index is 0.140. The van der Waals surface area contributed by atoms with Crippen molar-refractivity contribution in [2.24, 2.45) is 5.73 Å². The molecule has 2 N–H and O–H groups in total. The highest BCUT2D eigenvalue weighted by atomic mass is 16.6. The lowest BCUT2D eigenvalue weighted by Gasteiger charge is -2.24. The number of hydrogen-bond acceptors (Lipinski definition) is 5. The van der Waals surface area contributed by atoms with Crippen molar-refractivity contribution in [3.05, 3.63) is 35.9 Å². The predicted molar refractivity (Wildman–Crippen MR) is 61.0 cm³/mol. The fourth-order valence-corrected chi connectivity index (χ4v) is 1.43. The van der Waals surface area contributed by atoms with Crippen LogP contribution >= 0.6 is 0 Å². The molecule has 5 nitrogen and oxygen atoms in total. The summed E-state index contributed by atoms with van der Waals surface area (Å²) in [4.78, 5) is 23.5. The van der Waals surface area contributed by atoms with Crippen LogP contribution in [0.25, 0.3) is 0 Å². The van der Waals surface area contributed by atoms with E-state index in [-0.39, 0.29) is 6.61 Å². The Morgan fingerprint density at radius 1 is 1.24 bits per heavy atom. The lowest BCUT2D eigenvalue weighted by atomic mass is 9.91. The van der Waals surface area contributed by atoms with Gasteiger partial charge in [-0.25, -0.2) is 9.59 Å². The van der Waals surface area contributed by atoms with Gasteiger partial charge < -0.3 is 15.2 Å². The van der Waals surface area contributed by atoms with Gasteiger partial charge in [-0.1, -0.05) is 30.3 Å². The Labute approximate surface area is 99.5 Å². The number of carbonyl (C=O) groups is 2. The van der Waals surface area contributed by atoms with Crippen LogP contribution in [-0.2, 0) is 24.6 Å². The smallest absolute Gasteiger partial charge is 0.342 e. The number of methoxy groups -OCH3 is 1. The van der Waals surface area contributed by atoms with Gasteiger partial charge in [0.2, 0.25) is 5.54 Å². The second-order valence-electron chi connectivity index (χ2n) is 3.39. The normalized spacial score (nSPS) is 13.6. The zero-order valence-corrected chi connectivity index (χ0v) is 9.80. The van der Waals surface area contributed by atoms with E-state index < -0.39 is 17.5 Å². The van der Waals surface area contributed by atoms with E-state index in [2.05, 4.69) is 4.74 Å². The molecule has 0 aromatic heterocycles. The third kappa shape index (κ3) is 2.45. The van der Waals surface area contributed by atoms with Crippen molar-refractivity contribution in [2.45, 2.75) is 12.5 Å². The molecule has 0 heterocycles. The molecule has 0 saturated carbocycles. The largest absolute Gasteiger partial charge is 0.467 e. The lowest BCUT2D eigenvalue weighted by molar-refractivity contribution is -0.163. The molecule has 5 heteroatoms. The Bertz CT molecular complexity index is 404. The van der Waals surface area contributed by atoms with E-state index >= 15 is 0 Å². The van der Waals surface area contributed by atoms with Gasteiger partial charge in [-0.15, -0.1) is 0 Å². The number of ether oxygens (including phenoxy) is 2. The van der Waals surface area contributed by atoms with Crippen molar-refractivity contribution in [3.63, 3.8) is 0 Å². The summed E-state index contributed by atoms with van der Waals surface area (Å²) in [6.45, 7) is 1.78. The molecule has 1 aromatic rings. The zero-order chi connectivity index (χ0) is 12.9. The van der Waals surface area contributed by atoms with E-state index in [9.17, 15) is 9.59 Å². The molecule has 0 unspecified atom stereocenters. The van der Waals surface area contributed by atoms with Gasteiger partial charge in [-0.05, 0) is 12.5 Å². The summed E-state index contributed by atoms with van der Waals surface area (Å²) in [5, 5.41) is 0. The minimum atomic E-state index is -1.91. The SMILES string of the molecule is CCOC(=O)[C@](N)(C(=O)OC)c1ccccc1. The van der Waals surface area contributed by atoms with Gasteiger partial charge >= 0.3 is 11.9 Å². The molecule has 0 aliphatic rings. The summed E-state index contributed by atoms with van der Waals surface area (Å²) in [6, 6.07) is 8.27. The number of benzene rings is 1. The molecule has 0 amide bonds. The zero-order valence-electron chi connectivity index (χ0n) is 9.80. The Morgan fingerprint density at radius 2 is 1.82 bits per heavy atom. The summed E-state index contributed by atoms with van der Waals surface area (Å²) in [7, 11) is 1.17. The van der Waals surface area contributed by atoms with Crippen molar-refractivity contribution >= 4 is 11.9 Å². The van der Waals surface area contributed by atoms with Crippen molar-refractivity contribution in [3.8, 4) is 0 Å². The van der Waals surface area contributed by atoms with Crippen LogP contribution in [0.15, 0.2) is 30.3 Å². The third-order valence-corrected chi connectivity index (χ3v) is 2.33. The van der Waals surface area contributed by atoms with Gasteiger partial charge in [0.05, 0.1) is 13.7 Å². The number of nitrogens with two attached hydrogens (primary N) is 1. The fraction of sp³-hybridized carbons (Fsp3) is 0.333. The van der Waals surface area contributed by atoms with Crippen molar-refractivity contribution in [1.82, 2.24) is 0 Å². The van der Waals surface area contributed by atoms with Crippen molar-refractivity contribution in [2.75, 3.05) is 13.7 Å². The van der Waals surface area contributed by atoms with Crippen LogP contribution in [0.1, 0.15) is 12.5 Å². The number of hydrogen-bond donors (Lipinski definition) is 1. The highest BCUT2D eigenvalue weighted by Gasteiger charge is 2.46. The molecule has 0 bridgehead atoms. The maximum atomic E-state index is 11.8. The molecule has 0 spiro atoms. The second-order valence-corrected chi connectivity index (χ2v) is 3.39. The minimum Gasteiger partial charge on any atom is -0.467 e. The van der Waals surface area contributed by atoms with Gasteiger partial charge in [-0.2, -0.15) is 0 Å². The van der Waals surface area contributed by atoms with Crippen LogP contribution in [0.3, 0.4) is 0 Å². The Hall–Kier alpha value is -1.88. The van der Waals surface area contributed by atoms with E-state index in [1.165, 1.54) is 7.11 Å². The fourth-order valence-electron chi connectivity index (χ4n) is 1.43. The second kappa shape index (κ2) is 5.45. The summed E-state index contributed by atoms with van der Waals surface area (Å²) in [5.74, 6) is -1.67. The van der Waals surface area contributed by atoms with Crippen LogP contribution in [0.4, 0.5) is 0 Å². The summed E-state index contributed by atoms with van der Waals surface area (Å²) >= 11 is 0. The molecule has 1 aromatic carbocycles. The Kier molecular flexibility index (Phi) is 4.23. The maximum Gasteiger partial charge on any atom is 0.342 e. The predicted octanol–water partition coefficient (Wildman–Crippen LogP) is 0.577. The highest BCUT2D eigenvalue weighted by Crippen LogP contribution is 2.21. The molecule has 0 saturated heterocycles. The first-order valence-electron chi connectivity index (χ1n) is 5.17. The van der Waals surface area contributed by atoms with Gasteiger partial charge in [0, 0.05) is 0 Å². The highest BCUT2D eigenvalue weighted by molar-refractivity contribution is 6.05. The summed E-state index contributed by atoms with van der Waals surface area (Å²) in [5.41, 5.74) is 4.28. The number of rotatable bonds is 4. The van der Waals surface area contributed by atoms with E-state index in [4.69, 9.17) is 10.5 Å².